The van der Waals surface area contributed by atoms with Crippen molar-refractivity contribution in [2.24, 2.45) is 11.8 Å². The molecule has 1 saturated heterocycles. The van der Waals surface area contributed by atoms with E-state index >= 15 is 0 Å². The summed E-state index contributed by atoms with van der Waals surface area (Å²) in [5.41, 5.74) is 0. The van der Waals surface area contributed by atoms with Gasteiger partial charge in [0.25, 0.3) is 0 Å². The molecule has 0 amide bonds. The third kappa shape index (κ3) is 3.14. The molecule has 2 saturated carbocycles. The van der Waals surface area contributed by atoms with Crippen molar-refractivity contribution in [3.63, 3.8) is 0 Å². The van der Waals surface area contributed by atoms with E-state index in [2.05, 4.69) is 10.0 Å². The molecule has 1 heterocycles. The molecule has 5 heteroatoms. The van der Waals surface area contributed by atoms with Crippen LogP contribution >= 0.6 is 0 Å². The second-order valence-corrected chi connectivity index (χ2v) is 8.60. The second kappa shape index (κ2) is 5.70. The molecule has 2 aliphatic carbocycles. The lowest BCUT2D eigenvalue weighted by atomic mass is 9.79. The molecular weight excluding hydrogens is 260 g/mol. The van der Waals surface area contributed by atoms with Crippen LogP contribution in [-0.2, 0) is 10.0 Å². The Labute approximate surface area is 116 Å². The van der Waals surface area contributed by atoms with Gasteiger partial charge in [0.05, 0.1) is 5.25 Å². The highest BCUT2D eigenvalue weighted by molar-refractivity contribution is 7.90. The Hall–Kier alpha value is -0.130. The number of hydrogen-bond acceptors (Lipinski definition) is 3. The van der Waals surface area contributed by atoms with Gasteiger partial charge in [0.15, 0.2) is 0 Å². The largest absolute Gasteiger partial charge is 0.316 e. The molecule has 19 heavy (non-hydrogen) atoms. The van der Waals surface area contributed by atoms with Gasteiger partial charge in [-0.15, -0.1) is 0 Å². The van der Waals surface area contributed by atoms with Crippen molar-refractivity contribution < 1.29 is 8.42 Å². The van der Waals surface area contributed by atoms with Crippen molar-refractivity contribution in [2.45, 2.75) is 62.7 Å². The summed E-state index contributed by atoms with van der Waals surface area (Å²) in [5, 5.41) is 3.31. The van der Waals surface area contributed by atoms with E-state index in [1.54, 1.807) is 0 Å². The first-order valence-electron chi connectivity index (χ1n) is 7.87. The second-order valence-electron chi connectivity index (χ2n) is 6.61. The summed E-state index contributed by atoms with van der Waals surface area (Å²) in [6.45, 7) is 2.21. The van der Waals surface area contributed by atoms with E-state index in [0.717, 1.165) is 57.5 Å². The Morgan fingerprint density at radius 3 is 2.42 bits per heavy atom. The predicted molar refractivity (Wildman–Crippen MR) is 76.4 cm³/mol. The number of sulfonamides is 1. The molecule has 1 aliphatic heterocycles. The Balaban J connectivity index is 1.58. The Morgan fingerprint density at radius 1 is 0.895 bits per heavy atom. The molecule has 0 aromatic rings. The van der Waals surface area contributed by atoms with Gasteiger partial charge < -0.3 is 5.32 Å². The van der Waals surface area contributed by atoms with Gasteiger partial charge in [-0.1, -0.05) is 19.3 Å². The molecular formula is C14H26N2O2S. The molecule has 3 atom stereocenters. The Morgan fingerprint density at radius 2 is 1.63 bits per heavy atom. The maximum Gasteiger partial charge on any atom is 0.214 e. The van der Waals surface area contributed by atoms with Crippen LogP contribution in [0.4, 0.5) is 0 Å². The van der Waals surface area contributed by atoms with Gasteiger partial charge in [-0.2, -0.15) is 0 Å². The first kappa shape index (κ1) is 13.8. The highest BCUT2D eigenvalue weighted by Crippen LogP contribution is 2.33. The predicted octanol–water partition coefficient (Wildman–Crippen LogP) is 1.63. The van der Waals surface area contributed by atoms with Crippen LogP contribution in [0.3, 0.4) is 0 Å². The van der Waals surface area contributed by atoms with E-state index in [1.165, 1.54) is 12.8 Å². The van der Waals surface area contributed by atoms with Gasteiger partial charge in [-0.25, -0.2) is 13.1 Å². The van der Waals surface area contributed by atoms with E-state index in [1.807, 2.05) is 0 Å². The molecule has 2 N–H and O–H groups in total. The van der Waals surface area contributed by atoms with Crippen LogP contribution in [-0.4, -0.2) is 32.8 Å². The highest BCUT2D eigenvalue weighted by atomic mass is 32.2. The molecule has 0 radical (unpaired) electrons. The van der Waals surface area contributed by atoms with Gasteiger partial charge in [0.2, 0.25) is 10.0 Å². The van der Waals surface area contributed by atoms with Crippen molar-refractivity contribution in [1.82, 2.24) is 10.0 Å². The van der Waals surface area contributed by atoms with Crippen LogP contribution in [0.15, 0.2) is 0 Å². The minimum Gasteiger partial charge on any atom is -0.316 e. The van der Waals surface area contributed by atoms with Gasteiger partial charge in [-0.05, 0) is 57.0 Å². The number of rotatable bonds is 3. The highest BCUT2D eigenvalue weighted by Gasteiger charge is 2.36. The lowest BCUT2D eigenvalue weighted by Crippen LogP contribution is -2.45. The van der Waals surface area contributed by atoms with Gasteiger partial charge in [0, 0.05) is 6.04 Å². The van der Waals surface area contributed by atoms with Crippen molar-refractivity contribution in [1.29, 1.82) is 0 Å². The van der Waals surface area contributed by atoms with Gasteiger partial charge in [-0.3, -0.25) is 0 Å². The fourth-order valence-corrected chi connectivity index (χ4v) is 5.94. The van der Waals surface area contributed by atoms with E-state index in [-0.39, 0.29) is 11.3 Å². The third-order valence-corrected chi connectivity index (χ3v) is 7.29. The smallest absolute Gasteiger partial charge is 0.214 e. The van der Waals surface area contributed by atoms with Crippen LogP contribution in [0.5, 0.6) is 0 Å². The maximum absolute atomic E-state index is 12.4. The average molecular weight is 286 g/mol. The fraction of sp³-hybridized carbons (Fsp3) is 1.00. The topological polar surface area (TPSA) is 58.2 Å². The first-order chi connectivity index (χ1) is 9.15. The van der Waals surface area contributed by atoms with Crippen LogP contribution in [0, 0.1) is 11.8 Å². The van der Waals surface area contributed by atoms with Crippen molar-refractivity contribution in [3.8, 4) is 0 Å². The molecule has 1 unspecified atom stereocenters. The van der Waals surface area contributed by atoms with E-state index in [0.29, 0.717) is 5.92 Å². The Kier molecular flexibility index (Phi) is 4.15. The minimum atomic E-state index is -3.08. The minimum absolute atomic E-state index is 0.124. The number of nitrogens with one attached hydrogen (secondary N) is 2. The van der Waals surface area contributed by atoms with Crippen LogP contribution < -0.4 is 10.0 Å². The number of hydrogen-bond donors (Lipinski definition) is 2. The molecule has 0 aromatic carbocycles. The van der Waals surface area contributed by atoms with Crippen molar-refractivity contribution in [2.75, 3.05) is 13.1 Å². The molecule has 3 fully saturated rings. The molecule has 0 aromatic heterocycles. The van der Waals surface area contributed by atoms with Gasteiger partial charge in [0.1, 0.15) is 0 Å². The maximum atomic E-state index is 12.4. The van der Waals surface area contributed by atoms with E-state index in [4.69, 9.17) is 0 Å². The van der Waals surface area contributed by atoms with Crippen LogP contribution in [0.2, 0.25) is 0 Å². The monoisotopic (exact) mass is 286 g/mol. The quantitative estimate of drug-likeness (QED) is 0.829. The lowest BCUT2D eigenvalue weighted by Gasteiger charge is -2.33. The zero-order chi connectivity index (χ0) is 13.3. The molecule has 3 aliphatic rings. The third-order valence-electron chi connectivity index (χ3n) is 5.27. The summed E-state index contributed by atoms with van der Waals surface area (Å²) in [7, 11) is -3.08. The summed E-state index contributed by atoms with van der Waals surface area (Å²) in [4.78, 5) is 0. The average Bonchev–Trinajstić information content (AvgIpc) is 2.87. The van der Waals surface area contributed by atoms with Gasteiger partial charge >= 0.3 is 0 Å². The fourth-order valence-electron chi connectivity index (χ4n) is 4.11. The lowest BCUT2D eigenvalue weighted by molar-refractivity contribution is 0.259. The molecule has 0 bridgehead atoms. The summed E-state index contributed by atoms with van der Waals surface area (Å²) in [6.07, 6.45) is 8.29. The van der Waals surface area contributed by atoms with Crippen molar-refractivity contribution in [3.05, 3.63) is 0 Å². The molecule has 3 rings (SSSR count). The molecule has 4 nitrogen and oxygen atoms in total. The standard InChI is InChI=1S/C14H26N2O2S/c17-19(18,14-4-2-1-3-5-14)16-13-7-6-11-9-15-10-12(11)8-13/h11-16H,1-10H2/t11-,12+,13?/m0/s1. The molecule has 110 valence electrons. The zero-order valence-electron chi connectivity index (χ0n) is 11.6. The summed E-state index contributed by atoms with van der Waals surface area (Å²) in [6, 6.07) is 0.188. The van der Waals surface area contributed by atoms with Crippen LogP contribution in [0.25, 0.3) is 0 Å². The zero-order valence-corrected chi connectivity index (χ0v) is 12.4. The molecule has 0 spiro atoms. The summed E-state index contributed by atoms with van der Waals surface area (Å²) in [5.74, 6) is 1.48. The van der Waals surface area contributed by atoms with Crippen molar-refractivity contribution >= 4 is 10.0 Å². The first-order valence-corrected chi connectivity index (χ1v) is 9.41. The summed E-state index contributed by atoms with van der Waals surface area (Å²) < 4.78 is 27.9. The van der Waals surface area contributed by atoms with E-state index < -0.39 is 10.0 Å². The number of fused-ring (bicyclic) bond motifs is 1. The SMILES string of the molecule is O=S(=O)(NC1CC[C@H]2CNC[C@H]2C1)C1CCCCC1. The normalized spacial score (nSPS) is 37.2. The van der Waals surface area contributed by atoms with E-state index in [9.17, 15) is 8.42 Å². The van der Waals surface area contributed by atoms with Crippen LogP contribution in [0.1, 0.15) is 51.4 Å². The summed E-state index contributed by atoms with van der Waals surface area (Å²) >= 11 is 0. The Bertz CT molecular complexity index is 404.